The van der Waals surface area contributed by atoms with Gasteiger partial charge < -0.3 is 9.57 Å². The lowest BCUT2D eigenvalue weighted by molar-refractivity contribution is -0.162. The summed E-state index contributed by atoms with van der Waals surface area (Å²) in [5, 5.41) is 3.98. The van der Waals surface area contributed by atoms with E-state index in [1.807, 2.05) is 12.1 Å². The summed E-state index contributed by atoms with van der Waals surface area (Å²) in [5.41, 5.74) is 0.771. The van der Waals surface area contributed by atoms with Crippen molar-refractivity contribution < 1.29 is 14.4 Å². The second-order valence-electron chi connectivity index (χ2n) is 5.14. The number of esters is 1. The molecular weight excluding hydrogens is 298 g/mol. The predicted molar refractivity (Wildman–Crippen MR) is 78.3 cm³/mol. The van der Waals surface area contributed by atoms with Gasteiger partial charge in [0.15, 0.2) is 0 Å². The maximum absolute atomic E-state index is 12.1. The van der Waals surface area contributed by atoms with E-state index in [2.05, 4.69) is 5.16 Å². The summed E-state index contributed by atoms with van der Waals surface area (Å²) in [7, 11) is 0. The van der Waals surface area contributed by atoms with Crippen molar-refractivity contribution in [2.75, 3.05) is 0 Å². The largest absolute Gasteiger partial charge is 0.460 e. The molecule has 1 unspecified atom stereocenters. The molecule has 20 heavy (non-hydrogen) atoms. The minimum atomic E-state index is -0.604. The molecule has 0 radical (unpaired) electrons. The third-order valence-corrected chi connectivity index (χ3v) is 4.90. The maximum Gasteiger partial charge on any atom is 0.350 e. The van der Waals surface area contributed by atoms with Gasteiger partial charge in [0.05, 0.1) is 9.21 Å². The van der Waals surface area contributed by atoms with Crippen molar-refractivity contribution in [1.29, 1.82) is 0 Å². The number of carbonyl (C=O) groups is 1. The van der Waals surface area contributed by atoms with E-state index >= 15 is 0 Å². The van der Waals surface area contributed by atoms with Gasteiger partial charge in [-0.15, -0.1) is 11.3 Å². The second kappa shape index (κ2) is 6.14. The molecule has 1 saturated carbocycles. The van der Waals surface area contributed by atoms with E-state index in [0.717, 1.165) is 36.3 Å². The second-order valence-corrected chi connectivity index (χ2v) is 6.85. The number of rotatable bonds is 3. The Labute approximate surface area is 126 Å². The van der Waals surface area contributed by atoms with E-state index in [0.29, 0.717) is 10.8 Å². The number of hydrogen-bond acceptors (Lipinski definition) is 5. The van der Waals surface area contributed by atoms with Crippen LogP contribution in [0, 0.1) is 0 Å². The monoisotopic (exact) mass is 313 g/mol. The summed E-state index contributed by atoms with van der Waals surface area (Å²) in [6.45, 7) is 0. The van der Waals surface area contributed by atoms with Crippen LogP contribution in [-0.4, -0.2) is 23.9 Å². The fourth-order valence-corrected chi connectivity index (χ4v) is 3.57. The Bertz CT molecular complexity index is 522. The van der Waals surface area contributed by atoms with Crippen LogP contribution in [0.5, 0.6) is 0 Å². The highest BCUT2D eigenvalue weighted by Crippen LogP contribution is 2.27. The molecule has 6 heteroatoms. The minimum Gasteiger partial charge on any atom is -0.460 e. The first-order valence-electron chi connectivity index (χ1n) is 6.91. The number of oxime groups is 1. The molecule has 2 heterocycles. The van der Waals surface area contributed by atoms with E-state index in [1.54, 1.807) is 0 Å². The first-order valence-corrected chi connectivity index (χ1v) is 8.11. The van der Waals surface area contributed by atoms with Crippen molar-refractivity contribution in [3.05, 3.63) is 21.3 Å². The van der Waals surface area contributed by atoms with Gasteiger partial charge in [-0.1, -0.05) is 23.2 Å². The van der Waals surface area contributed by atoms with Crippen LogP contribution < -0.4 is 0 Å². The Morgan fingerprint density at radius 3 is 2.85 bits per heavy atom. The van der Waals surface area contributed by atoms with Crippen LogP contribution in [0.3, 0.4) is 0 Å². The van der Waals surface area contributed by atoms with Crippen LogP contribution in [-0.2, 0) is 14.4 Å². The zero-order valence-electron chi connectivity index (χ0n) is 11.0. The highest BCUT2D eigenvalue weighted by Gasteiger charge is 2.32. The fraction of sp³-hybridized carbons (Fsp3) is 0.571. The lowest BCUT2D eigenvalue weighted by Crippen LogP contribution is -2.29. The van der Waals surface area contributed by atoms with Crippen molar-refractivity contribution in [1.82, 2.24) is 0 Å². The van der Waals surface area contributed by atoms with Crippen LogP contribution in [0.15, 0.2) is 17.3 Å². The minimum absolute atomic E-state index is 0.0556. The molecule has 0 amide bonds. The van der Waals surface area contributed by atoms with Crippen molar-refractivity contribution >= 4 is 34.6 Å². The number of halogens is 1. The van der Waals surface area contributed by atoms with Crippen molar-refractivity contribution in [3.8, 4) is 0 Å². The quantitative estimate of drug-likeness (QED) is 0.798. The summed E-state index contributed by atoms with van der Waals surface area (Å²) in [5.74, 6) is -0.293. The third kappa shape index (κ3) is 3.15. The van der Waals surface area contributed by atoms with E-state index in [4.69, 9.17) is 21.2 Å². The lowest BCUT2D eigenvalue weighted by atomic mass is 9.98. The van der Waals surface area contributed by atoms with Gasteiger partial charge in [-0.05, 0) is 37.8 Å². The third-order valence-electron chi connectivity index (χ3n) is 3.62. The van der Waals surface area contributed by atoms with Gasteiger partial charge in [0.1, 0.15) is 11.8 Å². The molecule has 1 aromatic rings. The van der Waals surface area contributed by atoms with Gasteiger partial charge in [-0.3, -0.25) is 0 Å². The van der Waals surface area contributed by atoms with Crippen molar-refractivity contribution in [2.24, 2.45) is 5.16 Å². The molecule has 4 nitrogen and oxygen atoms in total. The Hall–Kier alpha value is -1.07. The summed E-state index contributed by atoms with van der Waals surface area (Å²) >= 11 is 7.33. The Balaban J connectivity index is 1.54. The number of nitrogens with zero attached hydrogens (tertiary/aromatic N) is 1. The normalized spacial score (nSPS) is 23.2. The molecule has 1 aliphatic heterocycles. The van der Waals surface area contributed by atoms with Crippen LogP contribution in [0.4, 0.5) is 0 Å². The first kappa shape index (κ1) is 13.9. The average molecular weight is 314 g/mol. The predicted octanol–water partition coefficient (Wildman–Crippen LogP) is 3.77. The SMILES string of the molecule is O=C(OC1CCCCC1)C1CC(c2ccc(Cl)s2)=NO1. The van der Waals surface area contributed by atoms with Crippen LogP contribution in [0.1, 0.15) is 43.4 Å². The standard InChI is InChI=1S/C14H16ClNO3S/c15-13-7-6-12(20-13)10-8-11(19-16-10)14(17)18-9-4-2-1-3-5-9/h6-7,9,11H,1-5,8H2. The highest BCUT2D eigenvalue weighted by molar-refractivity contribution is 7.18. The Kier molecular flexibility index (Phi) is 4.27. The number of hydrogen-bond donors (Lipinski definition) is 0. The molecule has 2 aliphatic rings. The Morgan fingerprint density at radius 2 is 2.15 bits per heavy atom. The summed E-state index contributed by atoms with van der Waals surface area (Å²) < 4.78 is 6.21. The van der Waals surface area contributed by atoms with Crippen LogP contribution in [0.25, 0.3) is 0 Å². The zero-order valence-corrected chi connectivity index (χ0v) is 12.6. The maximum atomic E-state index is 12.1. The molecule has 0 N–H and O–H groups in total. The molecule has 108 valence electrons. The van der Waals surface area contributed by atoms with Crippen molar-refractivity contribution in [2.45, 2.75) is 50.7 Å². The lowest BCUT2D eigenvalue weighted by Gasteiger charge is -2.22. The number of ether oxygens (including phenoxy) is 1. The molecule has 1 aliphatic carbocycles. The summed E-state index contributed by atoms with van der Waals surface area (Å²) in [6, 6.07) is 3.71. The number of carbonyl (C=O) groups excluding carboxylic acids is 1. The summed E-state index contributed by atoms with van der Waals surface area (Å²) in [4.78, 5) is 18.2. The molecule has 0 aromatic carbocycles. The smallest absolute Gasteiger partial charge is 0.350 e. The van der Waals surface area contributed by atoms with Gasteiger partial charge >= 0.3 is 5.97 Å². The van der Waals surface area contributed by atoms with Gasteiger partial charge in [-0.2, -0.15) is 0 Å². The van der Waals surface area contributed by atoms with Crippen LogP contribution in [0.2, 0.25) is 4.34 Å². The van der Waals surface area contributed by atoms with Gasteiger partial charge in [0, 0.05) is 6.42 Å². The van der Waals surface area contributed by atoms with Crippen LogP contribution >= 0.6 is 22.9 Å². The molecule has 1 fully saturated rings. The number of thiophene rings is 1. The molecule has 1 aromatic heterocycles. The molecule has 1 atom stereocenters. The Morgan fingerprint density at radius 1 is 1.35 bits per heavy atom. The van der Waals surface area contributed by atoms with E-state index < -0.39 is 6.10 Å². The molecular formula is C14H16ClNO3S. The van der Waals surface area contributed by atoms with E-state index in [1.165, 1.54) is 17.8 Å². The fourth-order valence-electron chi connectivity index (χ4n) is 2.54. The molecule has 0 spiro atoms. The van der Waals surface area contributed by atoms with E-state index in [9.17, 15) is 4.79 Å². The molecule has 0 bridgehead atoms. The van der Waals surface area contributed by atoms with Gasteiger partial charge in [0.25, 0.3) is 0 Å². The summed E-state index contributed by atoms with van der Waals surface area (Å²) in [6.07, 6.45) is 5.35. The van der Waals surface area contributed by atoms with Gasteiger partial charge in [-0.25, -0.2) is 4.79 Å². The topological polar surface area (TPSA) is 47.9 Å². The zero-order chi connectivity index (χ0) is 13.9. The average Bonchev–Trinajstić information content (AvgIpc) is 3.08. The van der Waals surface area contributed by atoms with Gasteiger partial charge in [0.2, 0.25) is 6.10 Å². The molecule has 0 saturated heterocycles. The highest BCUT2D eigenvalue weighted by atomic mass is 35.5. The van der Waals surface area contributed by atoms with Crippen molar-refractivity contribution in [3.63, 3.8) is 0 Å². The first-order chi connectivity index (χ1) is 9.72. The molecule has 3 rings (SSSR count). The van der Waals surface area contributed by atoms with E-state index in [-0.39, 0.29) is 12.1 Å².